The quantitative estimate of drug-likeness (QED) is 0.516. The molecular formula is C10H11ClFN3S. The summed E-state index contributed by atoms with van der Waals surface area (Å²) in [5.41, 5.74) is 5.71. The van der Waals surface area contributed by atoms with Crippen LogP contribution in [0.15, 0.2) is 28.4 Å². The van der Waals surface area contributed by atoms with Gasteiger partial charge in [0.05, 0.1) is 11.2 Å². The predicted octanol–water partition coefficient (Wildman–Crippen LogP) is 2.88. The molecule has 1 aromatic rings. The standard InChI is InChI=1S/C10H11ClFN3S/c1-2-16-10(13)15-14-6-7-8(11)4-3-5-9(7)12/h3-6H,2H2,1H3,(H2,13,15). The van der Waals surface area contributed by atoms with Crippen molar-refractivity contribution in [2.24, 2.45) is 15.9 Å². The summed E-state index contributed by atoms with van der Waals surface area (Å²) in [6, 6.07) is 4.42. The van der Waals surface area contributed by atoms with Crippen molar-refractivity contribution in [1.29, 1.82) is 0 Å². The minimum absolute atomic E-state index is 0.210. The van der Waals surface area contributed by atoms with E-state index in [0.29, 0.717) is 10.2 Å². The average Bonchev–Trinajstić information content (AvgIpc) is 2.23. The summed E-state index contributed by atoms with van der Waals surface area (Å²) in [4.78, 5) is 0. The maximum atomic E-state index is 13.3. The molecule has 0 aromatic heterocycles. The highest BCUT2D eigenvalue weighted by atomic mass is 35.5. The van der Waals surface area contributed by atoms with Crippen molar-refractivity contribution >= 4 is 34.7 Å². The van der Waals surface area contributed by atoms with Crippen LogP contribution >= 0.6 is 23.4 Å². The molecule has 0 aliphatic heterocycles. The molecule has 16 heavy (non-hydrogen) atoms. The van der Waals surface area contributed by atoms with E-state index in [-0.39, 0.29) is 5.56 Å². The highest BCUT2D eigenvalue weighted by Gasteiger charge is 2.02. The van der Waals surface area contributed by atoms with Gasteiger partial charge in [0.15, 0.2) is 5.17 Å². The van der Waals surface area contributed by atoms with Crippen LogP contribution in [0.1, 0.15) is 12.5 Å². The van der Waals surface area contributed by atoms with Gasteiger partial charge in [-0.3, -0.25) is 0 Å². The maximum Gasteiger partial charge on any atom is 0.180 e. The van der Waals surface area contributed by atoms with Crippen molar-refractivity contribution in [3.63, 3.8) is 0 Å². The summed E-state index contributed by atoms with van der Waals surface area (Å²) < 4.78 is 13.3. The number of thioether (sulfide) groups is 1. The lowest BCUT2D eigenvalue weighted by Crippen LogP contribution is -2.05. The van der Waals surface area contributed by atoms with Gasteiger partial charge < -0.3 is 5.73 Å². The van der Waals surface area contributed by atoms with Crippen molar-refractivity contribution in [3.05, 3.63) is 34.6 Å². The predicted molar refractivity (Wildman–Crippen MR) is 68.8 cm³/mol. The smallest absolute Gasteiger partial charge is 0.180 e. The molecule has 1 aromatic carbocycles. The number of hydrogen-bond acceptors (Lipinski definition) is 3. The van der Waals surface area contributed by atoms with Crippen LogP contribution in [-0.4, -0.2) is 17.1 Å². The zero-order chi connectivity index (χ0) is 12.0. The number of nitrogens with zero attached hydrogens (tertiary/aromatic N) is 2. The topological polar surface area (TPSA) is 50.7 Å². The fraction of sp³-hybridized carbons (Fsp3) is 0.200. The molecule has 0 bridgehead atoms. The molecule has 0 atom stereocenters. The second-order valence-electron chi connectivity index (χ2n) is 2.75. The van der Waals surface area contributed by atoms with E-state index >= 15 is 0 Å². The molecule has 0 unspecified atom stereocenters. The Balaban J connectivity index is 2.81. The van der Waals surface area contributed by atoms with E-state index in [1.165, 1.54) is 30.1 Å². The van der Waals surface area contributed by atoms with Gasteiger partial charge in [-0.05, 0) is 17.9 Å². The maximum absolute atomic E-state index is 13.3. The first-order valence-corrected chi connectivity index (χ1v) is 5.94. The Labute approximate surface area is 103 Å². The summed E-state index contributed by atoms with van der Waals surface area (Å²) in [5, 5.41) is 8.00. The monoisotopic (exact) mass is 259 g/mol. The molecule has 2 N–H and O–H groups in total. The van der Waals surface area contributed by atoms with Crippen LogP contribution in [0.2, 0.25) is 5.02 Å². The zero-order valence-corrected chi connectivity index (χ0v) is 10.2. The number of halogens is 2. The number of nitrogens with two attached hydrogens (primary N) is 1. The van der Waals surface area contributed by atoms with E-state index in [1.807, 2.05) is 6.92 Å². The zero-order valence-electron chi connectivity index (χ0n) is 8.65. The van der Waals surface area contributed by atoms with Crippen LogP contribution in [0, 0.1) is 5.82 Å². The molecule has 0 aliphatic carbocycles. The summed E-state index contributed by atoms with van der Waals surface area (Å²) >= 11 is 7.15. The second-order valence-corrected chi connectivity index (χ2v) is 4.44. The Bertz CT molecular complexity index is 400. The summed E-state index contributed by atoms with van der Waals surface area (Å²) in [7, 11) is 0. The number of amidine groups is 1. The Kier molecular flexibility index (Phi) is 5.28. The third kappa shape index (κ3) is 3.83. The van der Waals surface area contributed by atoms with Crippen LogP contribution in [0.25, 0.3) is 0 Å². The fourth-order valence-electron chi connectivity index (χ4n) is 0.954. The van der Waals surface area contributed by atoms with Gasteiger partial charge in [-0.2, -0.15) is 5.10 Å². The highest BCUT2D eigenvalue weighted by Crippen LogP contribution is 2.16. The van der Waals surface area contributed by atoms with E-state index in [9.17, 15) is 4.39 Å². The minimum atomic E-state index is -0.437. The van der Waals surface area contributed by atoms with Crippen molar-refractivity contribution in [2.75, 3.05) is 5.75 Å². The molecule has 3 nitrogen and oxygen atoms in total. The Hall–Kier alpha value is -1.07. The molecule has 0 aliphatic rings. The molecule has 0 spiro atoms. The van der Waals surface area contributed by atoms with Gasteiger partial charge in [-0.15, -0.1) is 5.10 Å². The Morgan fingerprint density at radius 2 is 2.38 bits per heavy atom. The van der Waals surface area contributed by atoms with E-state index < -0.39 is 5.82 Å². The van der Waals surface area contributed by atoms with Crippen molar-refractivity contribution < 1.29 is 4.39 Å². The third-order valence-corrected chi connectivity index (χ3v) is 2.63. The van der Waals surface area contributed by atoms with Gasteiger partial charge in [0, 0.05) is 5.56 Å². The molecule has 0 radical (unpaired) electrons. The first-order valence-electron chi connectivity index (χ1n) is 4.58. The van der Waals surface area contributed by atoms with Gasteiger partial charge in [0.2, 0.25) is 0 Å². The van der Waals surface area contributed by atoms with Crippen LogP contribution in [0.5, 0.6) is 0 Å². The summed E-state index contributed by atoms with van der Waals surface area (Å²) in [6.45, 7) is 1.95. The molecule has 0 heterocycles. The van der Waals surface area contributed by atoms with Gasteiger partial charge in [-0.25, -0.2) is 4.39 Å². The van der Waals surface area contributed by atoms with Gasteiger partial charge in [0.25, 0.3) is 0 Å². The van der Waals surface area contributed by atoms with E-state index in [1.54, 1.807) is 6.07 Å². The molecule has 1 rings (SSSR count). The third-order valence-electron chi connectivity index (χ3n) is 1.64. The fourth-order valence-corrected chi connectivity index (χ4v) is 1.57. The molecule has 0 fully saturated rings. The van der Waals surface area contributed by atoms with Crippen molar-refractivity contribution in [2.45, 2.75) is 6.92 Å². The SMILES string of the molecule is CCS/C(N)=N\N=Cc1c(F)cccc1Cl. The van der Waals surface area contributed by atoms with E-state index in [4.69, 9.17) is 17.3 Å². The molecule has 0 saturated heterocycles. The second kappa shape index (κ2) is 6.50. The normalized spacial score (nSPS) is 12.3. The average molecular weight is 260 g/mol. The van der Waals surface area contributed by atoms with Gasteiger partial charge >= 0.3 is 0 Å². The molecule has 0 saturated carbocycles. The van der Waals surface area contributed by atoms with Crippen LogP contribution in [0.3, 0.4) is 0 Å². The molecule has 86 valence electrons. The first-order chi connectivity index (χ1) is 7.65. The van der Waals surface area contributed by atoms with Crippen LogP contribution in [0.4, 0.5) is 4.39 Å². The van der Waals surface area contributed by atoms with Crippen LogP contribution in [-0.2, 0) is 0 Å². The lowest BCUT2D eigenvalue weighted by molar-refractivity contribution is 0.626. The van der Waals surface area contributed by atoms with E-state index in [0.717, 1.165) is 5.75 Å². The first kappa shape index (κ1) is 13.0. The number of rotatable bonds is 3. The summed E-state index contributed by atoms with van der Waals surface area (Å²) in [5.74, 6) is 0.374. The largest absolute Gasteiger partial charge is 0.377 e. The number of hydrogen-bond donors (Lipinski definition) is 1. The summed E-state index contributed by atoms with van der Waals surface area (Å²) in [6.07, 6.45) is 1.25. The van der Waals surface area contributed by atoms with Crippen molar-refractivity contribution in [1.82, 2.24) is 0 Å². The van der Waals surface area contributed by atoms with Gasteiger partial charge in [-0.1, -0.05) is 36.4 Å². The lowest BCUT2D eigenvalue weighted by Gasteiger charge is -1.97. The lowest BCUT2D eigenvalue weighted by atomic mass is 10.2. The van der Waals surface area contributed by atoms with Gasteiger partial charge in [0.1, 0.15) is 5.82 Å². The van der Waals surface area contributed by atoms with E-state index in [2.05, 4.69) is 10.2 Å². The number of benzene rings is 1. The van der Waals surface area contributed by atoms with Crippen molar-refractivity contribution in [3.8, 4) is 0 Å². The highest BCUT2D eigenvalue weighted by molar-refractivity contribution is 8.13. The Morgan fingerprint density at radius 3 is 3.00 bits per heavy atom. The van der Waals surface area contributed by atoms with Crippen LogP contribution < -0.4 is 5.73 Å². The molecule has 0 amide bonds. The Morgan fingerprint density at radius 1 is 1.62 bits per heavy atom. The molecular weight excluding hydrogens is 249 g/mol. The molecule has 6 heteroatoms. The minimum Gasteiger partial charge on any atom is -0.377 e.